The fraction of sp³-hybridized carbons (Fsp3) is 0.571. The molecule has 0 bridgehead atoms. The molecular weight excluding hydrogens is 264 g/mol. The lowest BCUT2D eigenvalue weighted by molar-refractivity contribution is -0.385. The van der Waals surface area contributed by atoms with Gasteiger partial charge in [0.2, 0.25) is 0 Å². The van der Waals surface area contributed by atoms with Gasteiger partial charge >= 0.3 is 0 Å². The minimum absolute atomic E-state index is 0.135. The molecule has 0 aromatic heterocycles. The molecule has 104 valence electrons. The van der Waals surface area contributed by atoms with Gasteiger partial charge < -0.3 is 5.32 Å². The van der Waals surface area contributed by atoms with Gasteiger partial charge in [0.1, 0.15) is 0 Å². The molecule has 1 aromatic rings. The number of nitrogens with zero attached hydrogens (tertiary/aromatic N) is 1. The highest BCUT2D eigenvalue weighted by molar-refractivity contribution is 6.30. The quantitative estimate of drug-likeness (QED) is 0.658. The van der Waals surface area contributed by atoms with E-state index in [1.807, 2.05) is 0 Å². The predicted molar refractivity (Wildman–Crippen MR) is 76.4 cm³/mol. The van der Waals surface area contributed by atoms with Gasteiger partial charge in [-0.15, -0.1) is 0 Å². The summed E-state index contributed by atoms with van der Waals surface area (Å²) in [6.45, 7) is 2.65. The maximum Gasteiger partial charge on any atom is 0.273 e. The second-order valence-corrected chi connectivity index (χ2v) is 5.68. The largest absolute Gasteiger partial charge is 0.310 e. The van der Waals surface area contributed by atoms with Crippen molar-refractivity contribution in [2.75, 3.05) is 0 Å². The van der Waals surface area contributed by atoms with E-state index in [2.05, 4.69) is 12.2 Å². The van der Waals surface area contributed by atoms with Crippen molar-refractivity contribution in [2.45, 2.75) is 45.2 Å². The second-order valence-electron chi connectivity index (χ2n) is 5.24. The van der Waals surface area contributed by atoms with Gasteiger partial charge in [-0.25, -0.2) is 0 Å². The van der Waals surface area contributed by atoms with Crippen LogP contribution in [0, 0.1) is 16.0 Å². The number of hydrogen-bond acceptors (Lipinski definition) is 3. The van der Waals surface area contributed by atoms with Crippen molar-refractivity contribution in [3.05, 3.63) is 38.9 Å². The molecule has 0 spiro atoms. The number of rotatable bonds is 5. The molecule has 0 amide bonds. The first kappa shape index (κ1) is 14.3. The van der Waals surface area contributed by atoms with E-state index in [0.717, 1.165) is 0 Å². The van der Waals surface area contributed by atoms with Crippen LogP contribution in [0.3, 0.4) is 0 Å². The molecule has 0 saturated heterocycles. The Labute approximate surface area is 118 Å². The van der Waals surface area contributed by atoms with Crippen LogP contribution < -0.4 is 5.32 Å². The van der Waals surface area contributed by atoms with Crippen LogP contribution in [0.1, 0.15) is 38.2 Å². The summed E-state index contributed by atoms with van der Waals surface area (Å²) in [5.74, 6) is 0.693. The highest BCUT2D eigenvalue weighted by Crippen LogP contribution is 2.28. The topological polar surface area (TPSA) is 55.2 Å². The first-order chi connectivity index (χ1) is 9.08. The fourth-order valence-electron chi connectivity index (χ4n) is 2.77. The van der Waals surface area contributed by atoms with E-state index in [9.17, 15) is 10.1 Å². The molecule has 2 rings (SSSR count). The predicted octanol–water partition coefficient (Wildman–Crippen LogP) is 3.92. The third-order valence-electron chi connectivity index (χ3n) is 3.96. The van der Waals surface area contributed by atoms with Crippen molar-refractivity contribution in [3.8, 4) is 0 Å². The molecule has 1 atom stereocenters. The summed E-state index contributed by atoms with van der Waals surface area (Å²) in [5, 5.41) is 14.9. The molecule has 1 aliphatic carbocycles. The third kappa shape index (κ3) is 3.67. The number of benzene rings is 1. The van der Waals surface area contributed by atoms with Gasteiger partial charge in [-0.3, -0.25) is 10.1 Å². The number of nitro groups is 1. The van der Waals surface area contributed by atoms with Crippen molar-refractivity contribution in [3.63, 3.8) is 0 Å². The Morgan fingerprint density at radius 3 is 2.79 bits per heavy atom. The molecule has 4 nitrogen and oxygen atoms in total. The SMILES string of the molecule is CC(NCc1cc(Cl)ccc1[N+](=O)[O-])C1CCCC1. The van der Waals surface area contributed by atoms with Crippen molar-refractivity contribution in [1.82, 2.24) is 5.32 Å². The summed E-state index contributed by atoms with van der Waals surface area (Å²) >= 11 is 5.91. The Hall–Kier alpha value is -1.13. The first-order valence-corrected chi connectivity index (χ1v) is 7.12. The van der Waals surface area contributed by atoms with Crippen molar-refractivity contribution in [1.29, 1.82) is 0 Å². The lowest BCUT2D eigenvalue weighted by Gasteiger charge is -2.20. The molecule has 0 radical (unpaired) electrons. The third-order valence-corrected chi connectivity index (χ3v) is 4.19. The molecule has 1 fully saturated rings. The maximum atomic E-state index is 11.0. The van der Waals surface area contributed by atoms with Crippen LogP contribution in [0.4, 0.5) is 5.69 Å². The lowest BCUT2D eigenvalue weighted by atomic mass is 9.99. The van der Waals surface area contributed by atoms with E-state index in [0.29, 0.717) is 29.1 Å². The average molecular weight is 283 g/mol. The van der Waals surface area contributed by atoms with Gasteiger partial charge in [-0.2, -0.15) is 0 Å². The number of nitro benzene ring substituents is 1. The molecule has 19 heavy (non-hydrogen) atoms. The molecule has 5 heteroatoms. The highest BCUT2D eigenvalue weighted by Gasteiger charge is 2.22. The maximum absolute atomic E-state index is 11.0. The molecule has 1 aromatic carbocycles. The van der Waals surface area contributed by atoms with Gasteiger partial charge in [0.15, 0.2) is 0 Å². The lowest BCUT2D eigenvalue weighted by Crippen LogP contribution is -2.31. The van der Waals surface area contributed by atoms with Gasteiger partial charge in [-0.1, -0.05) is 24.4 Å². The van der Waals surface area contributed by atoms with Gasteiger partial charge in [-0.05, 0) is 37.8 Å². The summed E-state index contributed by atoms with van der Waals surface area (Å²) in [7, 11) is 0. The molecule has 0 aliphatic heterocycles. The molecule has 0 heterocycles. The molecule has 1 unspecified atom stereocenters. The fourth-order valence-corrected chi connectivity index (χ4v) is 2.96. The van der Waals surface area contributed by atoms with E-state index >= 15 is 0 Å². The molecule has 1 N–H and O–H groups in total. The summed E-state index contributed by atoms with van der Waals surface area (Å²) in [4.78, 5) is 10.6. The zero-order chi connectivity index (χ0) is 13.8. The zero-order valence-corrected chi connectivity index (χ0v) is 11.8. The summed E-state index contributed by atoms with van der Waals surface area (Å²) in [6, 6.07) is 5.10. The molecule has 1 saturated carbocycles. The van der Waals surface area contributed by atoms with Crippen molar-refractivity contribution < 1.29 is 4.92 Å². The summed E-state index contributed by atoms with van der Waals surface area (Å²) < 4.78 is 0. The highest BCUT2D eigenvalue weighted by atomic mass is 35.5. The smallest absolute Gasteiger partial charge is 0.273 e. The second kappa shape index (κ2) is 6.35. The number of hydrogen-bond donors (Lipinski definition) is 1. The number of halogens is 1. The van der Waals surface area contributed by atoms with E-state index < -0.39 is 0 Å². The van der Waals surface area contributed by atoms with Crippen LogP contribution in [-0.2, 0) is 6.54 Å². The minimum Gasteiger partial charge on any atom is -0.310 e. The Balaban J connectivity index is 2.01. The van der Waals surface area contributed by atoms with E-state index in [-0.39, 0.29) is 10.6 Å². The minimum atomic E-state index is -0.354. The molecular formula is C14H19ClN2O2. The van der Waals surface area contributed by atoms with Gasteiger partial charge in [0.05, 0.1) is 4.92 Å². The average Bonchev–Trinajstić information content (AvgIpc) is 2.89. The van der Waals surface area contributed by atoms with Crippen molar-refractivity contribution in [2.24, 2.45) is 5.92 Å². The first-order valence-electron chi connectivity index (χ1n) is 6.74. The van der Waals surface area contributed by atoms with Crippen LogP contribution in [-0.4, -0.2) is 11.0 Å². The Bertz CT molecular complexity index is 459. The Kier molecular flexibility index (Phi) is 4.77. The summed E-state index contributed by atoms with van der Waals surface area (Å²) in [6.07, 6.45) is 5.11. The van der Waals surface area contributed by atoms with Crippen LogP contribution in [0.5, 0.6) is 0 Å². The Morgan fingerprint density at radius 2 is 2.16 bits per heavy atom. The van der Waals surface area contributed by atoms with E-state index in [4.69, 9.17) is 11.6 Å². The van der Waals surface area contributed by atoms with Gasteiger partial charge in [0, 0.05) is 29.2 Å². The van der Waals surface area contributed by atoms with Crippen LogP contribution in [0.2, 0.25) is 5.02 Å². The van der Waals surface area contributed by atoms with Gasteiger partial charge in [0.25, 0.3) is 5.69 Å². The zero-order valence-electron chi connectivity index (χ0n) is 11.1. The summed E-state index contributed by atoms with van der Waals surface area (Å²) in [5.41, 5.74) is 0.790. The monoisotopic (exact) mass is 282 g/mol. The normalized spacial score (nSPS) is 17.6. The van der Waals surface area contributed by atoms with E-state index in [1.165, 1.54) is 31.7 Å². The van der Waals surface area contributed by atoms with Crippen LogP contribution in [0.15, 0.2) is 18.2 Å². The Morgan fingerprint density at radius 1 is 1.47 bits per heavy atom. The van der Waals surface area contributed by atoms with Crippen LogP contribution >= 0.6 is 11.6 Å². The standard InChI is InChI=1S/C14H19ClN2O2/c1-10(11-4-2-3-5-11)16-9-12-8-13(15)6-7-14(12)17(18)19/h6-8,10-11,16H,2-5,9H2,1H3. The molecule has 1 aliphatic rings. The number of nitrogens with one attached hydrogen (secondary N) is 1. The van der Waals surface area contributed by atoms with Crippen LogP contribution in [0.25, 0.3) is 0 Å². The van der Waals surface area contributed by atoms with Crippen molar-refractivity contribution >= 4 is 17.3 Å². The van der Waals surface area contributed by atoms with E-state index in [1.54, 1.807) is 12.1 Å².